The van der Waals surface area contributed by atoms with Crippen molar-refractivity contribution in [2.45, 2.75) is 6.92 Å². The van der Waals surface area contributed by atoms with Gasteiger partial charge in [-0.1, -0.05) is 0 Å². The average molecular weight is 325 g/mol. The van der Waals surface area contributed by atoms with Crippen LogP contribution in [0.25, 0.3) is 0 Å². The van der Waals surface area contributed by atoms with E-state index in [1.807, 2.05) is 14.1 Å². The van der Waals surface area contributed by atoms with Gasteiger partial charge in [0.15, 0.2) is 0 Å². The molecule has 23 heavy (non-hydrogen) atoms. The van der Waals surface area contributed by atoms with Crippen molar-refractivity contribution in [1.82, 2.24) is 10.2 Å². The summed E-state index contributed by atoms with van der Waals surface area (Å²) >= 11 is 0. The highest BCUT2D eigenvalue weighted by molar-refractivity contribution is 6.21. The molecule has 1 aliphatic heterocycles. The molecule has 0 bridgehead atoms. The van der Waals surface area contributed by atoms with Crippen LogP contribution in [0.15, 0.2) is 18.2 Å². The maximum absolute atomic E-state index is 12.1. The van der Waals surface area contributed by atoms with Gasteiger partial charge >= 0.3 is 0 Å². The van der Waals surface area contributed by atoms with E-state index in [0.29, 0.717) is 12.4 Å². The molecule has 1 heterocycles. The van der Waals surface area contributed by atoms with Gasteiger partial charge < -0.3 is 14.9 Å². The molecule has 0 spiro atoms. The molecule has 9 heteroatoms. The molecule has 0 unspecified atom stereocenters. The van der Waals surface area contributed by atoms with E-state index in [1.165, 1.54) is 12.1 Å². The van der Waals surface area contributed by atoms with Gasteiger partial charge in [-0.15, -0.1) is 10.1 Å². The molecule has 2 rings (SSSR count). The Morgan fingerprint density at radius 3 is 2.39 bits per heavy atom. The van der Waals surface area contributed by atoms with Crippen LogP contribution in [0.3, 0.4) is 0 Å². The molecular weight excluding hydrogens is 306 g/mol. The van der Waals surface area contributed by atoms with Crippen molar-refractivity contribution in [2.24, 2.45) is 0 Å². The normalized spacial score (nSPS) is 12.4. The smallest absolute Gasteiger partial charge is 0.294 e. The first kappa shape index (κ1) is 18.4. The van der Waals surface area contributed by atoms with E-state index in [2.05, 4.69) is 10.2 Å². The third-order valence-corrected chi connectivity index (χ3v) is 2.76. The highest BCUT2D eigenvalue weighted by Gasteiger charge is 2.35. The molecule has 0 saturated heterocycles. The molecular formula is C14H19N3O6. The quantitative estimate of drug-likeness (QED) is 0.466. The SMILES string of the molecule is CCOc1ccc2c(c1)C(=O)N(CCO[N+](=O)[O-])C2=O.CNC. The summed E-state index contributed by atoms with van der Waals surface area (Å²) in [5.41, 5.74) is 0.501. The first-order valence-corrected chi connectivity index (χ1v) is 6.95. The van der Waals surface area contributed by atoms with Gasteiger partial charge in [0.1, 0.15) is 12.4 Å². The zero-order valence-corrected chi connectivity index (χ0v) is 13.2. The molecule has 0 aromatic heterocycles. The van der Waals surface area contributed by atoms with Crippen LogP contribution in [-0.4, -0.2) is 55.7 Å². The minimum atomic E-state index is -0.967. The molecule has 1 N–H and O–H groups in total. The first-order valence-electron chi connectivity index (χ1n) is 6.95. The summed E-state index contributed by atoms with van der Waals surface area (Å²) in [6, 6.07) is 4.60. The van der Waals surface area contributed by atoms with Gasteiger partial charge in [0, 0.05) is 0 Å². The summed E-state index contributed by atoms with van der Waals surface area (Å²) in [4.78, 5) is 39.1. The van der Waals surface area contributed by atoms with Gasteiger partial charge in [0.25, 0.3) is 16.9 Å². The molecule has 1 aromatic rings. The molecule has 2 amide bonds. The summed E-state index contributed by atoms with van der Waals surface area (Å²) in [5, 5.41) is 11.8. The Hall–Kier alpha value is -2.68. The van der Waals surface area contributed by atoms with E-state index >= 15 is 0 Å². The van der Waals surface area contributed by atoms with Crippen molar-refractivity contribution in [2.75, 3.05) is 33.9 Å². The van der Waals surface area contributed by atoms with Crippen molar-refractivity contribution in [1.29, 1.82) is 0 Å². The van der Waals surface area contributed by atoms with Gasteiger partial charge in [-0.25, -0.2) is 0 Å². The van der Waals surface area contributed by atoms with Crippen molar-refractivity contribution < 1.29 is 24.3 Å². The van der Waals surface area contributed by atoms with Crippen LogP contribution in [0.5, 0.6) is 5.75 Å². The lowest BCUT2D eigenvalue weighted by Crippen LogP contribution is -2.33. The molecule has 126 valence electrons. The minimum absolute atomic E-state index is 0.169. The highest BCUT2D eigenvalue weighted by Crippen LogP contribution is 2.26. The van der Waals surface area contributed by atoms with Crippen LogP contribution in [0, 0.1) is 10.1 Å². The zero-order valence-electron chi connectivity index (χ0n) is 13.2. The van der Waals surface area contributed by atoms with Crippen LogP contribution in [-0.2, 0) is 4.84 Å². The molecule has 0 radical (unpaired) electrons. The summed E-state index contributed by atoms with van der Waals surface area (Å²) < 4.78 is 5.27. The third kappa shape index (κ3) is 4.65. The maximum Gasteiger partial charge on any atom is 0.294 e. The predicted octanol–water partition coefficient (Wildman–Crippen LogP) is 0.725. The van der Waals surface area contributed by atoms with Gasteiger partial charge in [-0.05, 0) is 39.2 Å². The van der Waals surface area contributed by atoms with E-state index in [4.69, 9.17) is 4.74 Å². The van der Waals surface area contributed by atoms with E-state index < -0.39 is 16.9 Å². The Morgan fingerprint density at radius 1 is 1.22 bits per heavy atom. The summed E-state index contributed by atoms with van der Waals surface area (Å²) in [6.07, 6.45) is 0. The second kappa shape index (κ2) is 8.69. The lowest BCUT2D eigenvalue weighted by molar-refractivity contribution is -0.757. The van der Waals surface area contributed by atoms with Crippen molar-refractivity contribution in [3.8, 4) is 5.75 Å². The molecule has 0 aliphatic carbocycles. The Kier molecular flexibility index (Phi) is 6.94. The second-order valence-electron chi connectivity index (χ2n) is 4.46. The minimum Gasteiger partial charge on any atom is -0.494 e. The van der Waals surface area contributed by atoms with Crippen LogP contribution >= 0.6 is 0 Å². The van der Waals surface area contributed by atoms with Gasteiger partial charge in [0.2, 0.25) is 0 Å². The number of nitrogens with zero attached hydrogens (tertiary/aromatic N) is 2. The highest BCUT2D eigenvalue weighted by atomic mass is 16.9. The van der Waals surface area contributed by atoms with Crippen LogP contribution in [0.4, 0.5) is 0 Å². The van der Waals surface area contributed by atoms with Crippen LogP contribution < -0.4 is 10.1 Å². The molecule has 9 nitrogen and oxygen atoms in total. The Balaban J connectivity index is 0.000000816. The maximum atomic E-state index is 12.1. The fourth-order valence-electron chi connectivity index (χ4n) is 1.94. The zero-order chi connectivity index (χ0) is 17.4. The number of nitrogens with one attached hydrogen (secondary N) is 1. The number of hydrogen-bond donors (Lipinski definition) is 1. The van der Waals surface area contributed by atoms with Crippen LogP contribution in [0.1, 0.15) is 27.6 Å². The number of benzene rings is 1. The molecule has 1 aliphatic rings. The number of carbonyl (C=O) groups excluding carboxylic acids is 2. The molecule has 0 saturated carbocycles. The number of amides is 2. The van der Waals surface area contributed by atoms with E-state index in [0.717, 1.165) is 4.90 Å². The predicted molar refractivity (Wildman–Crippen MR) is 80.9 cm³/mol. The van der Waals surface area contributed by atoms with E-state index in [9.17, 15) is 19.7 Å². The van der Waals surface area contributed by atoms with Gasteiger partial charge in [0.05, 0.1) is 24.3 Å². The number of hydrogen-bond acceptors (Lipinski definition) is 7. The van der Waals surface area contributed by atoms with E-state index in [1.54, 1.807) is 13.0 Å². The number of fused-ring (bicyclic) bond motifs is 1. The first-order chi connectivity index (χ1) is 11.0. The Labute approximate surface area is 133 Å². The lowest BCUT2D eigenvalue weighted by Gasteiger charge is -2.12. The Bertz CT molecular complexity index is 590. The largest absolute Gasteiger partial charge is 0.494 e. The standard InChI is InChI=1S/C12H12N2O6.C2H7N/c1-2-19-8-3-4-9-10(7-8)12(16)13(11(9)15)5-6-20-14(17)18;1-3-2/h3-4,7H,2,5-6H2,1H3;3H,1-2H3. The number of imide groups is 1. The summed E-state index contributed by atoms with van der Waals surface area (Å²) in [6.45, 7) is 1.73. The van der Waals surface area contributed by atoms with Gasteiger partial charge in [-0.3, -0.25) is 14.5 Å². The topological polar surface area (TPSA) is 111 Å². The monoisotopic (exact) mass is 325 g/mol. The number of rotatable bonds is 6. The number of ether oxygens (including phenoxy) is 1. The van der Waals surface area contributed by atoms with Crippen molar-refractivity contribution in [3.63, 3.8) is 0 Å². The Morgan fingerprint density at radius 2 is 1.83 bits per heavy atom. The lowest BCUT2D eigenvalue weighted by atomic mass is 10.1. The number of carbonyl (C=O) groups is 2. The van der Waals surface area contributed by atoms with Crippen LogP contribution in [0.2, 0.25) is 0 Å². The molecule has 1 aromatic carbocycles. The second-order valence-corrected chi connectivity index (χ2v) is 4.46. The van der Waals surface area contributed by atoms with Crippen molar-refractivity contribution in [3.05, 3.63) is 39.4 Å². The van der Waals surface area contributed by atoms with E-state index in [-0.39, 0.29) is 24.3 Å². The average Bonchev–Trinajstić information content (AvgIpc) is 2.73. The molecule has 0 atom stereocenters. The van der Waals surface area contributed by atoms with Gasteiger partial charge in [-0.2, -0.15) is 0 Å². The molecule has 0 fully saturated rings. The summed E-state index contributed by atoms with van der Waals surface area (Å²) in [5.74, 6) is -0.491. The fraction of sp³-hybridized carbons (Fsp3) is 0.429. The summed E-state index contributed by atoms with van der Waals surface area (Å²) in [7, 11) is 3.75. The fourth-order valence-corrected chi connectivity index (χ4v) is 1.94. The van der Waals surface area contributed by atoms with Crippen molar-refractivity contribution >= 4 is 11.8 Å². The third-order valence-electron chi connectivity index (χ3n) is 2.76.